The number of hydrogen-bond donors (Lipinski definition) is 1. The minimum absolute atomic E-state index is 0.00873. The molecule has 0 saturated carbocycles. The van der Waals surface area contributed by atoms with Crippen LogP contribution in [0.25, 0.3) is 0 Å². The lowest BCUT2D eigenvalue weighted by atomic mass is 10.3. The highest BCUT2D eigenvalue weighted by Crippen LogP contribution is 2.17. The quantitative estimate of drug-likeness (QED) is 0.934. The normalized spacial score (nSPS) is 17.3. The highest BCUT2D eigenvalue weighted by atomic mass is 35.5. The van der Waals surface area contributed by atoms with Crippen LogP contribution in [0.4, 0.5) is 4.79 Å². The smallest absolute Gasteiger partial charge is 0.317 e. The second kappa shape index (κ2) is 6.91. The van der Waals surface area contributed by atoms with Gasteiger partial charge >= 0.3 is 6.03 Å². The van der Waals surface area contributed by atoms with Crippen molar-refractivity contribution in [3.8, 4) is 5.75 Å². The van der Waals surface area contributed by atoms with Crippen LogP contribution < -0.4 is 10.1 Å². The van der Waals surface area contributed by atoms with E-state index in [1.807, 2.05) is 36.0 Å². The molecule has 2 amide bonds. The molecule has 2 aromatic rings. The summed E-state index contributed by atoms with van der Waals surface area (Å²) in [5.41, 5.74) is 0.964. The van der Waals surface area contributed by atoms with Gasteiger partial charge < -0.3 is 19.5 Å². The predicted octanol–water partition coefficient (Wildman–Crippen LogP) is 2.44. The molecule has 1 N–H and O–H groups in total. The van der Waals surface area contributed by atoms with E-state index in [1.165, 1.54) is 0 Å². The Morgan fingerprint density at radius 2 is 2.43 bits per heavy atom. The van der Waals surface area contributed by atoms with Crippen LogP contribution in [0.5, 0.6) is 5.75 Å². The molecule has 0 aliphatic carbocycles. The van der Waals surface area contributed by atoms with Crippen molar-refractivity contribution >= 4 is 17.6 Å². The van der Waals surface area contributed by atoms with Crippen LogP contribution in [0.1, 0.15) is 12.1 Å². The predicted molar refractivity (Wildman–Crippen MR) is 87.5 cm³/mol. The van der Waals surface area contributed by atoms with Gasteiger partial charge in [-0.05, 0) is 18.2 Å². The van der Waals surface area contributed by atoms with Gasteiger partial charge in [-0.1, -0.05) is 11.6 Å². The Labute approximate surface area is 140 Å². The van der Waals surface area contributed by atoms with Gasteiger partial charge in [-0.15, -0.1) is 0 Å². The maximum atomic E-state index is 12.2. The number of aryl methyl sites for hydroxylation is 1. The molecule has 3 heterocycles. The lowest BCUT2D eigenvalue weighted by Crippen LogP contribution is -2.39. The summed E-state index contributed by atoms with van der Waals surface area (Å²) in [6, 6.07) is 5.47. The molecule has 0 bridgehead atoms. The molecule has 1 atom stereocenters. The Bertz CT molecular complexity index is 674. The minimum atomic E-state index is -0.0837. The van der Waals surface area contributed by atoms with Crippen LogP contribution in [0, 0.1) is 0 Å². The second-order valence-corrected chi connectivity index (χ2v) is 6.02. The number of likely N-dealkylation sites (tertiary alicyclic amines) is 1. The third kappa shape index (κ3) is 3.96. The zero-order valence-electron chi connectivity index (χ0n) is 12.9. The van der Waals surface area contributed by atoms with Gasteiger partial charge in [0.25, 0.3) is 0 Å². The van der Waals surface area contributed by atoms with E-state index in [0.717, 1.165) is 17.9 Å². The number of hydrogen-bond acceptors (Lipinski definition) is 3. The number of nitrogens with zero attached hydrogens (tertiary/aromatic N) is 3. The molecule has 7 heteroatoms. The summed E-state index contributed by atoms with van der Waals surface area (Å²) in [4.78, 5) is 18.0. The largest absolute Gasteiger partial charge is 0.487 e. The molecule has 3 rings (SSSR count). The van der Waals surface area contributed by atoms with Crippen molar-refractivity contribution in [2.75, 3.05) is 13.1 Å². The first-order valence-electron chi connectivity index (χ1n) is 7.52. The van der Waals surface area contributed by atoms with E-state index in [9.17, 15) is 4.79 Å². The number of amides is 2. The monoisotopic (exact) mass is 334 g/mol. The maximum Gasteiger partial charge on any atom is 0.317 e. The Morgan fingerprint density at radius 3 is 3.13 bits per heavy atom. The number of carbonyl (C=O) groups excluding carboxylic acids is 1. The van der Waals surface area contributed by atoms with Crippen LogP contribution in [-0.4, -0.2) is 39.7 Å². The Balaban J connectivity index is 1.48. The first-order chi connectivity index (χ1) is 11.1. The summed E-state index contributed by atoms with van der Waals surface area (Å²) >= 11 is 5.94. The molecular formula is C16H19ClN4O2. The van der Waals surface area contributed by atoms with Crippen molar-refractivity contribution in [3.63, 3.8) is 0 Å². The lowest BCUT2D eigenvalue weighted by Gasteiger charge is -2.18. The first-order valence-corrected chi connectivity index (χ1v) is 7.90. The zero-order valence-corrected chi connectivity index (χ0v) is 13.7. The van der Waals surface area contributed by atoms with Crippen molar-refractivity contribution in [2.45, 2.75) is 19.1 Å². The molecule has 2 aromatic heterocycles. The van der Waals surface area contributed by atoms with Gasteiger partial charge in [0, 0.05) is 38.1 Å². The summed E-state index contributed by atoms with van der Waals surface area (Å²) < 4.78 is 7.74. The standard InChI is InChI=1S/C16H19ClN4O2/c1-20-10-12(17)7-13(20)8-19-16(22)21-6-4-15(11-21)23-14-3-2-5-18-9-14/h2-3,5,7,9-10,15H,4,6,8,11H2,1H3,(H,19,22)/t15-/m0/s1. The molecule has 1 aliphatic rings. The average Bonchev–Trinajstić information content (AvgIpc) is 3.12. The molecule has 1 saturated heterocycles. The fourth-order valence-corrected chi connectivity index (χ4v) is 2.91. The number of pyridine rings is 1. The van der Waals surface area contributed by atoms with Crippen molar-refractivity contribution in [1.82, 2.24) is 19.8 Å². The molecule has 0 unspecified atom stereocenters. The number of nitrogens with one attached hydrogen (secondary N) is 1. The summed E-state index contributed by atoms with van der Waals surface area (Å²) in [6.45, 7) is 1.71. The minimum Gasteiger partial charge on any atom is -0.487 e. The van der Waals surface area contributed by atoms with Gasteiger partial charge in [0.2, 0.25) is 0 Å². The molecule has 1 fully saturated rings. The van der Waals surface area contributed by atoms with Crippen molar-refractivity contribution < 1.29 is 9.53 Å². The van der Waals surface area contributed by atoms with E-state index in [0.29, 0.717) is 24.7 Å². The number of ether oxygens (including phenoxy) is 1. The van der Waals surface area contributed by atoms with Crippen molar-refractivity contribution in [1.29, 1.82) is 0 Å². The van der Waals surface area contributed by atoms with E-state index in [-0.39, 0.29) is 12.1 Å². The van der Waals surface area contributed by atoms with Gasteiger partial charge in [-0.3, -0.25) is 4.98 Å². The number of halogens is 1. The number of rotatable bonds is 4. The van der Waals surface area contributed by atoms with Gasteiger partial charge in [0.05, 0.1) is 24.3 Å². The van der Waals surface area contributed by atoms with E-state index >= 15 is 0 Å². The van der Waals surface area contributed by atoms with E-state index < -0.39 is 0 Å². The van der Waals surface area contributed by atoms with Crippen LogP contribution in [0.3, 0.4) is 0 Å². The molecule has 0 aromatic carbocycles. The highest BCUT2D eigenvalue weighted by Gasteiger charge is 2.27. The Hall–Kier alpha value is -2.21. The van der Waals surface area contributed by atoms with Crippen LogP contribution in [0.15, 0.2) is 36.8 Å². The number of carbonyl (C=O) groups is 1. The molecule has 6 nitrogen and oxygen atoms in total. The van der Waals surface area contributed by atoms with Gasteiger partial charge in [-0.25, -0.2) is 4.79 Å². The number of urea groups is 1. The van der Waals surface area contributed by atoms with Crippen LogP contribution in [-0.2, 0) is 13.6 Å². The average molecular weight is 335 g/mol. The summed E-state index contributed by atoms with van der Waals surface area (Å²) in [6.07, 6.45) is 6.03. The first kappa shape index (κ1) is 15.7. The van der Waals surface area contributed by atoms with Crippen molar-refractivity contribution in [3.05, 3.63) is 47.5 Å². The fourth-order valence-electron chi connectivity index (χ4n) is 2.64. The third-order valence-electron chi connectivity index (χ3n) is 3.86. The van der Waals surface area contributed by atoms with E-state index in [4.69, 9.17) is 16.3 Å². The molecule has 1 aliphatic heterocycles. The Morgan fingerprint density at radius 1 is 1.57 bits per heavy atom. The zero-order chi connectivity index (χ0) is 16.2. The van der Waals surface area contributed by atoms with E-state index in [2.05, 4.69) is 10.3 Å². The molecule has 23 heavy (non-hydrogen) atoms. The fraction of sp³-hybridized carbons (Fsp3) is 0.375. The molecule has 0 radical (unpaired) electrons. The van der Waals surface area contributed by atoms with Gasteiger partial charge in [-0.2, -0.15) is 0 Å². The summed E-state index contributed by atoms with van der Waals surface area (Å²) in [5, 5.41) is 3.59. The lowest BCUT2D eigenvalue weighted by molar-refractivity contribution is 0.186. The molecular weight excluding hydrogens is 316 g/mol. The Kier molecular flexibility index (Phi) is 4.71. The topological polar surface area (TPSA) is 59.4 Å². The van der Waals surface area contributed by atoms with Gasteiger partial charge in [0.1, 0.15) is 11.9 Å². The van der Waals surface area contributed by atoms with Crippen molar-refractivity contribution in [2.24, 2.45) is 7.05 Å². The maximum absolute atomic E-state index is 12.2. The SMILES string of the molecule is Cn1cc(Cl)cc1CNC(=O)N1CC[C@H](Oc2cccnc2)C1. The summed E-state index contributed by atoms with van der Waals surface area (Å²) in [7, 11) is 1.90. The van der Waals surface area contributed by atoms with E-state index in [1.54, 1.807) is 17.3 Å². The van der Waals surface area contributed by atoms with Crippen LogP contribution >= 0.6 is 11.6 Å². The molecule has 122 valence electrons. The number of aromatic nitrogens is 2. The highest BCUT2D eigenvalue weighted by molar-refractivity contribution is 6.30. The van der Waals surface area contributed by atoms with Gasteiger partial charge in [0.15, 0.2) is 0 Å². The summed E-state index contributed by atoms with van der Waals surface area (Å²) in [5.74, 6) is 0.734. The van der Waals surface area contributed by atoms with Crippen LogP contribution in [0.2, 0.25) is 5.02 Å². The molecule has 0 spiro atoms. The third-order valence-corrected chi connectivity index (χ3v) is 4.07. The second-order valence-electron chi connectivity index (χ2n) is 5.58.